The second kappa shape index (κ2) is 12.7. The summed E-state index contributed by atoms with van der Waals surface area (Å²) in [5, 5.41) is 0. The quantitative estimate of drug-likeness (QED) is 0.529. The summed E-state index contributed by atoms with van der Waals surface area (Å²) in [5.74, 6) is 4.02. The van der Waals surface area contributed by atoms with Gasteiger partial charge in [0.2, 0.25) is 0 Å². The maximum atomic E-state index is 4.30. The predicted octanol–water partition coefficient (Wildman–Crippen LogP) is 5.90. The summed E-state index contributed by atoms with van der Waals surface area (Å²) < 4.78 is 4.49. The zero-order chi connectivity index (χ0) is 19.4. The first-order valence-electron chi connectivity index (χ1n) is 10.5. The van der Waals surface area contributed by atoms with Crippen molar-refractivity contribution in [2.45, 2.75) is 93.2 Å². The van der Waals surface area contributed by atoms with E-state index in [1.807, 2.05) is 12.4 Å². The minimum Gasteiger partial charge on any atom is -0.335 e. The Morgan fingerprint density at radius 2 is 1.50 bits per heavy atom. The van der Waals surface area contributed by atoms with Crippen LogP contribution in [0.5, 0.6) is 0 Å². The van der Waals surface area contributed by atoms with Crippen LogP contribution in [-0.2, 0) is 19.5 Å². The number of aryl methyl sites for hydroxylation is 4. The molecule has 148 valence electrons. The lowest BCUT2D eigenvalue weighted by Gasteiger charge is -2.08. The number of rotatable bonds is 10. The third-order valence-electron chi connectivity index (χ3n) is 5.01. The molecule has 26 heavy (non-hydrogen) atoms. The number of aromatic nitrogens is 4. The van der Waals surface area contributed by atoms with Gasteiger partial charge in [-0.15, -0.1) is 0 Å². The molecule has 1 atom stereocenters. The first kappa shape index (κ1) is 22.5. The molecule has 2 aromatic rings. The Morgan fingerprint density at radius 3 is 2.08 bits per heavy atom. The fraction of sp³-hybridized carbons (Fsp3) is 0.727. The van der Waals surface area contributed by atoms with Crippen molar-refractivity contribution in [3.63, 3.8) is 0 Å². The molecule has 0 fully saturated rings. The third-order valence-corrected chi connectivity index (χ3v) is 5.01. The molecule has 0 saturated carbocycles. The molecule has 2 rings (SSSR count). The molecule has 1 unspecified atom stereocenters. The van der Waals surface area contributed by atoms with Gasteiger partial charge in [0.15, 0.2) is 0 Å². The average Bonchev–Trinajstić information content (AvgIpc) is 3.24. The highest BCUT2D eigenvalue weighted by Gasteiger charge is 2.01. The van der Waals surface area contributed by atoms with Gasteiger partial charge in [0.25, 0.3) is 0 Å². The smallest absolute Gasteiger partial charge is 0.108 e. The number of hydrogen-bond donors (Lipinski definition) is 0. The molecule has 0 spiro atoms. The van der Waals surface area contributed by atoms with E-state index < -0.39 is 0 Å². The van der Waals surface area contributed by atoms with E-state index in [1.54, 1.807) is 0 Å². The van der Waals surface area contributed by atoms with Crippen molar-refractivity contribution in [3.05, 3.63) is 36.4 Å². The van der Waals surface area contributed by atoms with Crippen molar-refractivity contribution < 1.29 is 0 Å². The Kier molecular flexibility index (Phi) is 11.0. The van der Waals surface area contributed by atoms with E-state index in [1.165, 1.54) is 37.9 Å². The van der Waals surface area contributed by atoms with E-state index in [0.717, 1.165) is 37.2 Å². The minimum atomic E-state index is 0.814. The molecule has 0 aromatic carbocycles. The fourth-order valence-corrected chi connectivity index (χ4v) is 2.98. The van der Waals surface area contributed by atoms with Gasteiger partial charge in [-0.1, -0.05) is 41.0 Å². The Morgan fingerprint density at radius 1 is 0.885 bits per heavy atom. The lowest BCUT2D eigenvalue weighted by molar-refractivity contribution is 0.466. The summed E-state index contributed by atoms with van der Waals surface area (Å²) >= 11 is 0. The van der Waals surface area contributed by atoms with Crippen LogP contribution >= 0.6 is 0 Å². The maximum Gasteiger partial charge on any atom is 0.108 e. The molecular formula is C22H40N4. The SMILES string of the molecule is CCC(C)CCCn1ccnc1C.CCc1nccn1CCCC(C)C. The molecule has 2 heterocycles. The van der Waals surface area contributed by atoms with Crippen LogP contribution in [0.15, 0.2) is 24.8 Å². The molecule has 4 nitrogen and oxygen atoms in total. The molecular weight excluding hydrogens is 320 g/mol. The number of hydrogen-bond acceptors (Lipinski definition) is 2. The van der Waals surface area contributed by atoms with Crippen molar-refractivity contribution in [2.24, 2.45) is 11.8 Å². The van der Waals surface area contributed by atoms with Crippen molar-refractivity contribution >= 4 is 0 Å². The summed E-state index contributed by atoms with van der Waals surface area (Å²) in [4.78, 5) is 8.49. The van der Waals surface area contributed by atoms with Crippen LogP contribution in [0.1, 0.15) is 78.4 Å². The van der Waals surface area contributed by atoms with Gasteiger partial charge in [-0.05, 0) is 44.4 Å². The maximum absolute atomic E-state index is 4.30. The molecule has 0 radical (unpaired) electrons. The zero-order valence-corrected chi connectivity index (χ0v) is 17.9. The molecule has 0 saturated heterocycles. The van der Waals surface area contributed by atoms with Crippen LogP contribution < -0.4 is 0 Å². The van der Waals surface area contributed by atoms with E-state index in [2.05, 4.69) is 73.0 Å². The normalized spacial score (nSPS) is 12.1. The molecule has 2 aromatic heterocycles. The van der Waals surface area contributed by atoms with Crippen molar-refractivity contribution in [1.29, 1.82) is 0 Å². The Labute approximate surface area is 161 Å². The van der Waals surface area contributed by atoms with E-state index in [9.17, 15) is 0 Å². The number of nitrogens with zero attached hydrogens (tertiary/aromatic N) is 4. The van der Waals surface area contributed by atoms with Gasteiger partial charge in [0, 0.05) is 44.3 Å². The fourth-order valence-electron chi connectivity index (χ4n) is 2.98. The van der Waals surface area contributed by atoms with Crippen LogP contribution in [-0.4, -0.2) is 19.1 Å². The highest BCUT2D eigenvalue weighted by atomic mass is 15.1. The molecule has 0 bridgehead atoms. The van der Waals surface area contributed by atoms with Gasteiger partial charge >= 0.3 is 0 Å². The van der Waals surface area contributed by atoms with Gasteiger partial charge in [-0.25, -0.2) is 9.97 Å². The lowest BCUT2D eigenvalue weighted by Crippen LogP contribution is -2.03. The molecule has 0 aliphatic heterocycles. The van der Waals surface area contributed by atoms with Crippen molar-refractivity contribution in [1.82, 2.24) is 19.1 Å². The van der Waals surface area contributed by atoms with Gasteiger partial charge in [-0.2, -0.15) is 0 Å². The molecule has 0 amide bonds. The lowest BCUT2D eigenvalue weighted by atomic mass is 10.0. The highest BCUT2D eigenvalue weighted by molar-refractivity contribution is 4.91. The van der Waals surface area contributed by atoms with Crippen molar-refractivity contribution in [2.75, 3.05) is 0 Å². The summed E-state index contributed by atoms with van der Waals surface area (Å²) in [7, 11) is 0. The minimum absolute atomic E-state index is 0.814. The molecule has 0 aliphatic carbocycles. The standard InChI is InChI=1S/2C11H20N2/c1-4-10(2)6-5-8-13-9-7-12-11(13)3;1-4-11-12-7-9-13(11)8-5-6-10(2)3/h2*7,9-10H,4-6,8H2,1-3H3. The Balaban J connectivity index is 0.000000260. The Bertz CT molecular complexity index is 582. The number of imidazole rings is 2. The first-order chi connectivity index (χ1) is 12.5. The van der Waals surface area contributed by atoms with Gasteiger partial charge < -0.3 is 9.13 Å². The van der Waals surface area contributed by atoms with Gasteiger partial charge in [0.1, 0.15) is 11.6 Å². The van der Waals surface area contributed by atoms with Crippen LogP contribution in [0.25, 0.3) is 0 Å². The van der Waals surface area contributed by atoms with Gasteiger partial charge in [-0.3, -0.25) is 0 Å². The van der Waals surface area contributed by atoms with E-state index in [4.69, 9.17) is 0 Å². The van der Waals surface area contributed by atoms with Crippen LogP contribution in [0.4, 0.5) is 0 Å². The molecule has 4 heteroatoms. The van der Waals surface area contributed by atoms with Gasteiger partial charge in [0.05, 0.1) is 0 Å². The summed E-state index contributed by atoms with van der Waals surface area (Å²) in [6.45, 7) is 15.6. The summed E-state index contributed by atoms with van der Waals surface area (Å²) in [5.41, 5.74) is 0. The predicted molar refractivity (Wildman–Crippen MR) is 111 cm³/mol. The third kappa shape index (κ3) is 8.68. The Hall–Kier alpha value is -1.58. The zero-order valence-electron chi connectivity index (χ0n) is 17.9. The monoisotopic (exact) mass is 360 g/mol. The van der Waals surface area contributed by atoms with E-state index in [-0.39, 0.29) is 0 Å². The first-order valence-corrected chi connectivity index (χ1v) is 10.5. The second-order valence-corrected chi connectivity index (χ2v) is 7.75. The summed E-state index contributed by atoms with van der Waals surface area (Å²) in [6.07, 6.45) is 15.4. The summed E-state index contributed by atoms with van der Waals surface area (Å²) in [6, 6.07) is 0. The highest BCUT2D eigenvalue weighted by Crippen LogP contribution is 2.10. The van der Waals surface area contributed by atoms with Crippen molar-refractivity contribution in [3.8, 4) is 0 Å². The van der Waals surface area contributed by atoms with Crippen LogP contribution in [0.3, 0.4) is 0 Å². The van der Waals surface area contributed by atoms with E-state index >= 15 is 0 Å². The van der Waals surface area contributed by atoms with E-state index in [0.29, 0.717) is 0 Å². The van der Waals surface area contributed by atoms with Crippen LogP contribution in [0, 0.1) is 18.8 Å². The second-order valence-electron chi connectivity index (χ2n) is 7.75. The molecule has 0 N–H and O–H groups in total. The van der Waals surface area contributed by atoms with Crippen LogP contribution in [0.2, 0.25) is 0 Å². The topological polar surface area (TPSA) is 35.6 Å². The largest absolute Gasteiger partial charge is 0.335 e. The average molecular weight is 361 g/mol. The molecule has 0 aliphatic rings.